The van der Waals surface area contributed by atoms with Gasteiger partial charge in [-0.3, -0.25) is 9.97 Å². The van der Waals surface area contributed by atoms with Gasteiger partial charge in [-0.25, -0.2) is 8.78 Å². The molecule has 0 aliphatic carbocycles. The molecule has 4 aromatic carbocycles. The average Bonchev–Trinajstić information content (AvgIpc) is 3.60. The summed E-state index contributed by atoms with van der Waals surface area (Å²) in [4.78, 5) is 9.98. The summed E-state index contributed by atoms with van der Waals surface area (Å²) in [6.45, 7) is 3.33. The van der Waals surface area contributed by atoms with Crippen molar-refractivity contribution in [3.63, 3.8) is 0 Å². The molecule has 5 N–H and O–H groups in total. The summed E-state index contributed by atoms with van der Waals surface area (Å²) >= 11 is 0. The number of benzene rings is 4. The monoisotopic (exact) mass is 666 g/mol. The van der Waals surface area contributed by atoms with Crippen LogP contribution in [0.1, 0.15) is 42.3 Å². The Labute approximate surface area is 289 Å². The summed E-state index contributed by atoms with van der Waals surface area (Å²) in [5, 5.41) is 4.55. The van der Waals surface area contributed by atoms with Gasteiger partial charge in [0.2, 0.25) is 0 Å². The number of nitrogens with zero attached hydrogens (tertiary/aromatic N) is 4. The van der Waals surface area contributed by atoms with Crippen LogP contribution in [-0.4, -0.2) is 24.6 Å². The van der Waals surface area contributed by atoms with Crippen LogP contribution < -0.4 is 11.9 Å². The molecule has 0 saturated heterocycles. The lowest BCUT2D eigenvalue weighted by Crippen LogP contribution is -2.45. The van der Waals surface area contributed by atoms with Crippen molar-refractivity contribution in [3.05, 3.63) is 156 Å². The fraction of sp³-hybridized carbons (Fsp3) is 0.190. The predicted molar refractivity (Wildman–Crippen MR) is 200 cm³/mol. The van der Waals surface area contributed by atoms with Gasteiger partial charge in [0, 0.05) is 76.4 Å². The molecule has 0 fully saturated rings. The Morgan fingerprint density at radius 2 is 1.00 bits per heavy atom. The molecule has 8 rings (SSSR count). The highest BCUT2D eigenvalue weighted by Crippen LogP contribution is 2.36. The maximum absolute atomic E-state index is 13.8. The van der Waals surface area contributed by atoms with E-state index in [9.17, 15) is 8.78 Å². The molecule has 8 heteroatoms. The van der Waals surface area contributed by atoms with Crippen molar-refractivity contribution in [2.45, 2.75) is 51.2 Å². The number of hydrogen-bond acceptors (Lipinski definition) is 4. The third-order valence-corrected chi connectivity index (χ3v) is 9.80. The van der Waals surface area contributed by atoms with Crippen molar-refractivity contribution >= 4 is 43.6 Å². The fourth-order valence-electron chi connectivity index (χ4n) is 7.68. The van der Waals surface area contributed by atoms with Gasteiger partial charge in [-0.05, 0) is 66.1 Å². The van der Waals surface area contributed by atoms with Gasteiger partial charge in [0.1, 0.15) is 11.6 Å². The first-order chi connectivity index (χ1) is 23.9. The van der Waals surface area contributed by atoms with E-state index in [2.05, 4.69) is 76.7 Å². The fourth-order valence-corrected chi connectivity index (χ4v) is 7.68. The average molecular weight is 667 g/mol. The van der Waals surface area contributed by atoms with Crippen LogP contribution >= 0.6 is 0 Å². The normalized spacial score (nSPS) is 11.9. The molecule has 0 bridgehead atoms. The Bertz CT molecular complexity index is 2280. The molecule has 4 heterocycles. The van der Waals surface area contributed by atoms with E-state index in [1.807, 2.05) is 36.7 Å². The Kier molecular flexibility index (Phi) is 8.90. The summed E-state index contributed by atoms with van der Waals surface area (Å²) in [7, 11) is 0. The molecular weight excluding hydrogens is 627 g/mol. The molecule has 0 saturated carbocycles. The van der Waals surface area contributed by atoms with Crippen LogP contribution in [0.15, 0.2) is 122 Å². The van der Waals surface area contributed by atoms with E-state index < -0.39 is 5.54 Å². The number of hydrogen-bond donors (Lipinski definition) is 2. The second-order valence-corrected chi connectivity index (χ2v) is 13.2. The molecule has 0 aliphatic rings. The van der Waals surface area contributed by atoms with Crippen LogP contribution in [0.3, 0.4) is 0 Å². The van der Waals surface area contributed by atoms with Crippen LogP contribution in [0, 0.1) is 11.6 Å². The SMILES string of the molecule is CCCC(N)(Cc1nccc2c3ccccc3n(Cc3ccc(F)cc3)c12)Cc1nccc2c3ccccc3n(Cc3ccc(F)cc3)c12.N. The lowest BCUT2D eigenvalue weighted by Gasteiger charge is -2.30. The second kappa shape index (κ2) is 13.5. The standard InChI is InChI=1S/C42H37F2N5.H3N/c1-2-21-42(45,24-36-40-34(19-22-46-36)32-7-3-5-9-38(32)48(40)26-28-11-15-30(43)16-12-28)25-37-41-35(20-23-47-37)33-8-4-6-10-39(33)49(41)27-29-13-17-31(44)18-14-29;/h3-20,22-23H,2,21,24-27,45H2,1H3;1H3. The van der Waals surface area contributed by atoms with E-state index in [1.165, 1.54) is 24.3 Å². The minimum absolute atomic E-state index is 0. The van der Waals surface area contributed by atoms with E-state index in [1.54, 1.807) is 0 Å². The number of aromatic nitrogens is 4. The van der Waals surface area contributed by atoms with E-state index in [0.717, 1.165) is 79.0 Å². The Hall–Kier alpha value is -5.44. The van der Waals surface area contributed by atoms with Crippen LogP contribution in [0.4, 0.5) is 8.78 Å². The maximum Gasteiger partial charge on any atom is 0.123 e. The number of halogens is 2. The van der Waals surface area contributed by atoms with Gasteiger partial charge < -0.3 is 21.0 Å². The first-order valence-corrected chi connectivity index (χ1v) is 16.9. The Morgan fingerprint density at radius 3 is 1.42 bits per heavy atom. The molecule has 0 radical (unpaired) electrons. The van der Waals surface area contributed by atoms with Crippen molar-refractivity contribution in [1.82, 2.24) is 25.3 Å². The molecule has 0 spiro atoms. The first kappa shape index (κ1) is 33.1. The Morgan fingerprint density at radius 1 is 0.580 bits per heavy atom. The zero-order valence-electron chi connectivity index (χ0n) is 28.1. The van der Waals surface area contributed by atoms with Crippen LogP contribution in [-0.2, 0) is 25.9 Å². The van der Waals surface area contributed by atoms with Gasteiger partial charge in [0.25, 0.3) is 0 Å². The highest BCUT2D eigenvalue weighted by atomic mass is 19.1. The van der Waals surface area contributed by atoms with Gasteiger partial charge in [-0.15, -0.1) is 0 Å². The summed E-state index contributed by atoms with van der Waals surface area (Å²) < 4.78 is 32.3. The summed E-state index contributed by atoms with van der Waals surface area (Å²) in [6.07, 6.45) is 6.55. The van der Waals surface area contributed by atoms with Gasteiger partial charge >= 0.3 is 0 Å². The molecule has 50 heavy (non-hydrogen) atoms. The van der Waals surface area contributed by atoms with Crippen LogP contribution in [0.2, 0.25) is 0 Å². The number of para-hydroxylation sites is 2. The number of pyridine rings is 2. The van der Waals surface area contributed by atoms with Crippen molar-refractivity contribution in [1.29, 1.82) is 0 Å². The van der Waals surface area contributed by atoms with E-state index >= 15 is 0 Å². The molecule has 0 atom stereocenters. The molecule has 8 aromatic rings. The Balaban J connectivity index is 0.00000392. The van der Waals surface area contributed by atoms with E-state index in [4.69, 9.17) is 15.7 Å². The molecule has 0 unspecified atom stereocenters. The maximum atomic E-state index is 13.8. The van der Waals surface area contributed by atoms with Crippen LogP contribution in [0.25, 0.3) is 43.6 Å². The zero-order chi connectivity index (χ0) is 33.5. The summed E-state index contributed by atoms with van der Waals surface area (Å²) in [5.41, 5.74) is 15.1. The van der Waals surface area contributed by atoms with Crippen molar-refractivity contribution in [3.8, 4) is 0 Å². The molecule has 0 amide bonds. The van der Waals surface area contributed by atoms with Gasteiger partial charge in [0.15, 0.2) is 0 Å². The second-order valence-electron chi connectivity index (χ2n) is 13.2. The predicted octanol–water partition coefficient (Wildman–Crippen LogP) is 9.51. The smallest absolute Gasteiger partial charge is 0.123 e. The van der Waals surface area contributed by atoms with Crippen molar-refractivity contribution < 1.29 is 8.78 Å². The lowest BCUT2D eigenvalue weighted by molar-refractivity contribution is 0.377. The quantitative estimate of drug-likeness (QED) is 0.152. The molecule has 6 nitrogen and oxygen atoms in total. The zero-order valence-corrected chi connectivity index (χ0v) is 28.1. The lowest BCUT2D eigenvalue weighted by atomic mass is 9.84. The van der Waals surface area contributed by atoms with Gasteiger partial charge in [0.05, 0.1) is 22.4 Å². The highest BCUT2D eigenvalue weighted by molar-refractivity contribution is 6.09. The van der Waals surface area contributed by atoms with Crippen molar-refractivity contribution in [2.24, 2.45) is 5.73 Å². The number of fused-ring (bicyclic) bond motifs is 6. The number of nitrogens with two attached hydrogens (primary N) is 1. The summed E-state index contributed by atoms with van der Waals surface area (Å²) in [5.74, 6) is -0.498. The molecular formula is C42H40F2N6. The highest BCUT2D eigenvalue weighted by Gasteiger charge is 2.30. The minimum atomic E-state index is -0.647. The van der Waals surface area contributed by atoms with E-state index in [-0.39, 0.29) is 17.8 Å². The molecule has 0 aliphatic heterocycles. The van der Waals surface area contributed by atoms with Crippen molar-refractivity contribution in [2.75, 3.05) is 0 Å². The topological polar surface area (TPSA) is 96.7 Å². The van der Waals surface area contributed by atoms with Gasteiger partial charge in [-0.2, -0.15) is 0 Å². The first-order valence-electron chi connectivity index (χ1n) is 16.9. The largest absolute Gasteiger partial charge is 0.344 e. The molecule has 252 valence electrons. The van der Waals surface area contributed by atoms with Crippen LogP contribution in [0.5, 0.6) is 0 Å². The minimum Gasteiger partial charge on any atom is -0.344 e. The number of rotatable bonds is 10. The van der Waals surface area contributed by atoms with E-state index in [0.29, 0.717) is 25.9 Å². The third kappa shape index (κ3) is 6.01. The molecule has 4 aromatic heterocycles. The van der Waals surface area contributed by atoms with Gasteiger partial charge in [-0.1, -0.05) is 74.0 Å². The third-order valence-electron chi connectivity index (χ3n) is 9.80. The summed E-state index contributed by atoms with van der Waals surface area (Å²) in [6, 6.07) is 34.4.